The number of benzene rings is 1. The lowest BCUT2D eigenvalue weighted by Crippen LogP contribution is -2.30. The molecule has 1 N–H and O–H groups in total. The van der Waals surface area contributed by atoms with E-state index in [1.54, 1.807) is 18.2 Å². The second-order valence-electron chi connectivity index (χ2n) is 6.47. The van der Waals surface area contributed by atoms with Gasteiger partial charge in [0, 0.05) is 6.08 Å². The van der Waals surface area contributed by atoms with E-state index in [2.05, 4.69) is 10.4 Å². The Morgan fingerprint density at radius 3 is 2.80 bits per heavy atom. The summed E-state index contributed by atoms with van der Waals surface area (Å²) in [6, 6.07) is 10.8. The molecule has 3 aromatic rings. The van der Waals surface area contributed by atoms with Gasteiger partial charge in [0.25, 0.3) is 5.91 Å². The van der Waals surface area contributed by atoms with Crippen LogP contribution in [0.4, 0.5) is 11.5 Å². The Balaban J connectivity index is 1.54. The number of carbonyl (C=O) groups is 1. The van der Waals surface area contributed by atoms with Crippen molar-refractivity contribution in [2.24, 2.45) is 0 Å². The molecule has 11 heteroatoms. The van der Waals surface area contributed by atoms with Gasteiger partial charge in [-0.15, -0.1) is 0 Å². The minimum Gasteiger partial charge on any atom is -0.460 e. The minimum absolute atomic E-state index is 0.0561. The van der Waals surface area contributed by atoms with Gasteiger partial charge in [-0.1, -0.05) is 29.8 Å². The topological polar surface area (TPSA) is 106 Å². The van der Waals surface area contributed by atoms with E-state index >= 15 is 0 Å². The molecule has 1 aliphatic rings. The molecule has 1 aliphatic heterocycles. The van der Waals surface area contributed by atoms with Gasteiger partial charge in [-0.25, -0.2) is 0 Å². The van der Waals surface area contributed by atoms with Gasteiger partial charge in [0.05, 0.1) is 17.0 Å². The Labute approximate surface area is 180 Å². The van der Waals surface area contributed by atoms with E-state index in [1.165, 1.54) is 15.8 Å². The van der Waals surface area contributed by atoms with Gasteiger partial charge in [0.15, 0.2) is 10.1 Å². The third-order valence-corrected chi connectivity index (χ3v) is 4.94. The zero-order chi connectivity index (χ0) is 21.4. The molecule has 1 amide bonds. The smallest absolute Gasteiger partial charge is 0.408 e. The number of amides is 1. The lowest BCUT2D eigenvalue weighted by atomic mass is 10.2. The summed E-state index contributed by atoms with van der Waals surface area (Å²) in [5, 5.41) is 17.8. The number of nitrogens with zero attached hydrogens (tertiary/aromatic N) is 4. The van der Waals surface area contributed by atoms with Crippen molar-refractivity contribution in [2.45, 2.75) is 13.5 Å². The first-order valence-corrected chi connectivity index (χ1v) is 9.51. The van der Waals surface area contributed by atoms with Crippen LogP contribution in [0.5, 0.6) is 0 Å². The van der Waals surface area contributed by atoms with Crippen LogP contribution in [0.1, 0.15) is 17.1 Å². The summed E-state index contributed by atoms with van der Waals surface area (Å²) in [7, 11) is 0. The van der Waals surface area contributed by atoms with Crippen LogP contribution in [0, 0.1) is 17.0 Å². The lowest BCUT2D eigenvalue weighted by Gasteiger charge is -2.16. The SMILES string of the molecule is Cc1ccccc1N1C(=O)C(=Cc2ccc(Cn3cc(Cl)c([N+](=O)[O-])n3)o2)NC1=S. The molecule has 0 atom stereocenters. The molecular formula is C19H14ClN5O4S. The zero-order valence-corrected chi connectivity index (χ0v) is 17.1. The molecule has 30 heavy (non-hydrogen) atoms. The quantitative estimate of drug-likeness (QED) is 0.277. The number of rotatable bonds is 5. The first kappa shape index (κ1) is 19.8. The standard InChI is InChI=1S/C19H14ClN5O4S/c1-11-4-2-3-5-16(11)24-18(26)15(21-19(24)30)8-12-6-7-13(29-12)9-23-10-14(20)17(22-23)25(27)28/h2-8,10H,9H2,1H3,(H,21,30). The summed E-state index contributed by atoms with van der Waals surface area (Å²) in [5.74, 6) is 0.195. The van der Waals surface area contributed by atoms with Gasteiger partial charge < -0.3 is 19.8 Å². The molecule has 0 spiro atoms. The third kappa shape index (κ3) is 3.70. The van der Waals surface area contributed by atoms with Crippen molar-refractivity contribution < 1.29 is 14.1 Å². The number of carbonyl (C=O) groups excluding carboxylic acids is 1. The second-order valence-corrected chi connectivity index (χ2v) is 7.27. The number of aryl methyl sites for hydroxylation is 1. The number of hydrogen-bond donors (Lipinski definition) is 1. The average molecular weight is 444 g/mol. The maximum absolute atomic E-state index is 12.8. The molecule has 2 aromatic heterocycles. The highest BCUT2D eigenvalue weighted by atomic mass is 35.5. The Bertz CT molecular complexity index is 1220. The first-order valence-electron chi connectivity index (χ1n) is 8.72. The summed E-state index contributed by atoms with van der Waals surface area (Å²) in [4.78, 5) is 24.5. The molecule has 0 saturated carbocycles. The molecule has 0 radical (unpaired) electrons. The first-order chi connectivity index (χ1) is 14.3. The van der Waals surface area contributed by atoms with Gasteiger partial charge in [0.2, 0.25) is 0 Å². The Kier molecular flexibility index (Phi) is 5.10. The van der Waals surface area contributed by atoms with Crippen LogP contribution in [0.2, 0.25) is 5.02 Å². The number of hydrogen-bond acceptors (Lipinski definition) is 6. The number of aromatic nitrogens is 2. The number of thiocarbonyl (C=S) groups is 1. The molecule has 4 rings (SSSR count). The van der Waals surface area contributed by atoms with Gasteiger partial charge in [-0.3, -0.25) is 9.69 Å². The molecule has 152 valence electrons. The fourth-order valence-corrected chi connectivity index (χ4v) is 3.53. The number of furan rings is 1. The van der Waals surface area contributed by atoms with Crippen molar-refractivity contribution >= 4 is 52.4 Å². The van der Waals surface area contributed by atoms with E-state index in [1.807, 2.05) is 31.2 Å². The van der Waals surface area contributed by atoms with Gasteiger partial charge in [-0.05, 0) is 47.8 Å². The minimum atomic E-state index is -0.655. The molecule has 1 saturated heterocycles. The Hall–Kier alpha value is -3.50. The van der Waals surface area contributed by atoms with Gasteiger partial charge >= 0.3 is 5.82 Å². The highest BCUT2D eigenvalue weighted by Crippen LogP contribution is 2.26. The summed E-state index contributed by atoms with van der Waals surface area (Å²) >= 11 is 11.1. The van der Waals surface area contributed by atoms with Gasteiger partial charge in [-0.2, -0.15) is 4.68 Å². The maximum atomic E-state index is 12.8. The summed E-state index contributed by atoms with van der Waals surface area (Å²) in [6.07, 6.45) is 2.90. The van der Waals surface area contributed by atoms with E-state index in [0.29, 0.717) is 17.2 Å². The number of halogens is 1. The molecule has 1 fully saturated rings. The summed E-state index contributed by atoms with van der Waals surface area (Å²) in [6.45, 7) is 2.05. The zero-order valence-electron chi connectivity index (χ0n) is 15.5. The summed E-state index contributed by atoms with van der Waals surface area (Å²) < 4.78 is 7.01. The van der Waals surface area contributed by atoms with Crippen molar-refractivity contribution in [2.75, 3.05) is 4.90 Å². The Morgan fingerprint density at radius 1 is 1.33 bits per heavy atom. The van der Waals surface area contributed by atoms with E-state index in [0.717, 1.165) is 5.56 Å². The fourth-order valence-electron chi connectivity index (χ4n) is 3.02. The molecule has 0 bridgehead atoms. The van der Waals surface area contributed by atoms with Gasteiger partial charge in [0.1, 0.15) is 23.8 Å². The maximum Gasteiger partial charge on any atom is 0.408 e. The van der Waals surface area contributed by atoms with Crippen molar-refractivity contribution in [1.82, 2.24) is 15.1 Å². The molecule has 1 aromatic carbocycles. The molecular weight excluding hydrogens is 430 g/mol. The number of nitrogens with one attached hydrogen (secondary N) is 1. The van der Waals surface area contributed by atoms with Crippen LogP contribution in [-0.4, -0.2) is 25.7 Å². The monoisotopic (exact) mass is 443 g/mol. The van der Waals surface area contributed by atoms with Crippen molar-refractivity contribution in [3.8, 4) is 0 Å². The van der Waals surface area contributed by atoms with Crippen LogP contribution >= 0.6 is 23.8 Å². The normalized spacial score (nSPS) is 15.1. The van der Waals surface area contributed by atoms with E-state index in [4.69, 9.17) is 28.2 Å². The van der Waals surface area contributed by atoms with Crippen LogP contribution in [-0.2, 0) is 11.3 Å². The van der Waals surface area contributed by atoms with E-state index in [-0.39, 0.29) is 28.3 Å². The fraction of sp³-hybridized carbons (Fsp3) is 0.105. The second kappa shape index (κ2) is 7.73. The van der Waals surface area contributed by atoms with Crippen molar-refractivity contribution in [3.05, 3.63) is 80.5 Å². The number of para-hydroxylation sites is 1. The largest absolute Gasteiger partial charge is 0.460 e. The number of nitro groups is 1. The lowest BCUT2D eigenvalue weighted by molar-refractivity contribution is -0.389. The molecule has 0 aliphatic carbocycles. The van der Waals surface area contributed by atoms with E-state index < -0.39 is 10.7 Å². The predicted molar refractivity (Wildman–Crippen MR) is 114 cm³/mol. The number of anilines is 1. The molecule has 9 nitrogen and oxygen atoms in total. The summed E-state index contributed by atoms with van der Waals surface area (Å²) in [5.41, 5.74) is 1.91. The third-order valence-electron chi connectivity index (χ3n) is 4.39. The average Bonchev–Trinajstić information content (AvgIpc) is 3.35. The van der Waals surface area contributed by atoms with E-state index in [9.17, 15) is 14.9 Å². The predicted octanol–water partition coefficient (Wildman–Crippen LogP) is 3.66. The van der Waals surface area contributed by atoms with Crippen LogP contribution < -0.4 is 10.2 Å². The molecule has 3 heterocycles. The van der Waals surface area contributed by atoms with Crippen molar-refractivity contribution in [3.63, 3.8) is 0 Å². The highest BCUT2D eigenvalue weighted by molar-refractivity contribution is 7.80. The molecule has 0 unspecified atom stereocenters. The van der Waals surface area contributed by atoms with Crippen LogP contribution in [0.3, 0.4) is 0 Å². The van der Waals surface area contributed by atoms with Crippen LogP contribution in [0.25, 0.3) is 6.08 Å². The highest BCUT2D eigenvalue weighted by Gasteiger charge is 2.33. The van der Waals surface area contributed by atoms with Crippen molar-refractivity contribution in [1.29, 1.82) is 0 Å². The Morgan fingerprint density at radius 2 is 2.10 bits per heavy atom. The van der Waals surface area contributed by atoms with Crippen LogP contribution in [0.15, 0.2) is 52.7 Å².